The smallest absolute Gasteiger partial charge is 0.255 e. The van der Waals surface area contributed by atoms with E-state index in [0.29, 0.717) is 64.2 Å². The second-order valence-corrected chi connectivity index (χ2v) is 25.4. The summed E-state index contributed by atoms with van der Waals surface area (Å²) in [6, 6.07) is 15.5. The summed E-state index contributed by atoms with van der Waals surface area (Å²) in [7, 11) is 0. The lowest BCUT2D eigenvalue weighted by Gasteiger charge is -2.33. The standard InChI is InChI=1S/C70H94FN13O14S/c1-2-48(85)15-8-25-58(86)72-26-7-6-14-47-45-84-38-32-78-66(94)53-20-10-18-51(60(53)88)64(92)74-28-34-82(36-30-76-68(96)55-22-12-24-57(62(55)90)70(98)80-47)40-39-81-33-27-73-63(91)50-17-9-19-52(59(50)87)65(93)77-31-37-83(41-42-84)44-46(13-4-3-5-16-49(99)43-71)79-69(97)56-23-11-21-54(61(56)89)67(95)75-29-35-81/h9-12,17-24,46-47,87-90H,2-8,13-16,25-45H2,1H3,(H,72,86)(H,73,91)(H,74,92)(H,75,95)(H,76,96)(H,77,93)(H,78,94)(H,79,97)(H,80,98). The largest absolute Gasteiger partial charge is 0.506 e. The summed E-state index contributed by atoms with van der Waals surface area (Å²) < 4.78 is 13.5. The lowest BCUT2D eigenvalue weighted by Crippen LogP contribution is -2.50. The van der Waals surface area contributed by atoms with E-state index >= 15 is 0 Å². The highest BCUT2D eigenvalue weighted by molar-refractivity contribution is 7.80. The van der Waals surface area contributed by atoms with E-state index in [1.165, 1.54) is 72.8 Å². The van der Waals surface area contributed by atoms with Gasteiger partial charge in [-0.15, -0.1) is 0 Å². The number of carbonyl (C=O) groups is 10. The van der Waals surface area contributed by atoms with Crippen LogP contribution < -0.4 is 47.9 Å². The van der Waals surface area contributed by atoms with Crippen molar-refractivity contribution in [3.05, 3.63) is 117 Å². The van der Waals surface area contributed by atoms with Gasteiger partial charge in [-0.2, -0.15) is 0 Å². The Labute approximate surface area is 581 Å². The molecule has 9 amide bonds. The monoisotopic (exact) mass is 1390 g/mol. The molecule has 13 N–H and O–H groups in total. The first-order valence-electron chi connectivity index (χ1n) is 34.1. The minimum Gasteiger partial charge on any atom is -0.506 e. The van der Waals surface area contributed by atoms with Crippen molar-refractivity contribution in [2.24, 2.45) is 0 Å². The van der Waals surface area contributed by atoms with E-state index in [1.54, 1.807) is 6.92 Å². The number of nitrogens with one attached hydrogen (secondary N) is 9. The SMILES string of the molecule is CCC(=O)CCCC(=O)NCCCCC1CN2CCNC(=O)c3cccc(c3O)C(=O)NCCN(CCNC(=O)c3cccc(c3O)C(=O)N1)CCN1CCNC(=O)c3cccc(c3O)C(=O)NCCN(CC2)CC(CCCCCC(=S)CF)NC(=O)c2cccc(c2O)C(=O)NCC1. The van der Waals surface area contributed by atoms with Crippen molar-refractivity contribution in [1.82, 2.24) is 67.5 Å². The first-order valence-corrected chi connectivity index (χ1v) is 34.5. The van der Waals surface area contributed by atoms with Crippen molar-refractivity contribution < 1.29 is 72.8 Å². The van der Waals surface area contributed by atoms with Gasteiger partial charge in [-0.25, -0.2) is 4.39 Å². The number of carbonyl (C=O) groups excluding carboxylic acids is 10. The topological polar surface area (TPSA) is 373 Å². The average molecular weight is 1390 g/mol. The fourth-order valence-corrected chi connectivity index (χ4v) is 12.1. The van der Waals surface area contributed by atoms with Gasteiger partial charge in [0.25, 0.3) is 47.3 Å². The third-order valence-corrected chi connectivity index (χ3v) is 18.0. The van der Waals surface area contributed by atoms with E-state index < -0.39 is 89.0 Å². The van der Waals surface area contributed by atoms with Crippen molar-refractivity contribution in [2.75, 3.05) is 131 Å². The number of amides is 9. The van der Waals surface area contributed by atoms with Crippen molar-refractivity contribution >= 4 is 76.0 Å². The number of hydrogen-bond donors (Lipinski definition) is 13. The van der Waals surface area contributed by atoms with Gasteiger partial charge in [0.15, 0.2) is 0 Å². The average Bonchev–Trinajstić information content (AvgIpc) is 0.849. The number of phenolic OH excluding ortho intramolecular Hbond substituents is 4. The van der Waals surface area contributed by atoms with Gasteiger partial charge >= 0.3 is 0 Å². The molecule has 0 spiro atoms. The van der Waals surface area contributed by atoms with Crippen molar-refractivity contribution in [2.45, 2.75) is 96.1 Å². The van der Waals surface area contributed by atoms with Crippen LogP contribution in [-0.2, 0) is 9.59 Å². The predicted octanol–water partition coefficient (Wildman–Crippen LogP) is 3.16. The predicted molar refractivity (Wildman–Crippen MR) is 372 cm³/mol. The second kappa shape index (κ2) is 40.0. The van der Waals surface area contributed by atoms with Crippen LogP contribution in [0.1, 0.15) is 167 Å². The zero-order valence-corrected chi connectivity index (χ0v) is 57.0. The van der Waals surface area contributed by atoms with E-state index in [0.717, 1.165) is 0 Å². The van der Waals surface area contributed by atoms with Crippen molar-refractivity contribution in [3.8, 4) is 23.0 Å². The van der Waals surface area contributed by atoms with Crippen LogP contribution in [0.3, 0.4) is 0 Å². The highest BCUT2D eigenvalue weighted by atomic mass is 32.1. The van der Waals surface area contributed by atoms with Crippen LogP contribution in [0.15, 0.2) is 72.8 Å². The maximum Gasteiger partial charge on any atom is 0.255 e. The molecule has 8 rings (SSSR count). The number of halogens is 1. The zero-order valence-electron chi connectivity index (χ0n) is 56.2. The van der Waals surface area contributed by atoms with Gasteiger partial charge in [0.05, 0.1) is 44.5 Å². The molecule has 536 valence electrons. The van der Waals surface area contributed by atoms with Crippen molar-refractivity contribution in [3.63, 3.8) is 0 Å². The van der Waals surface area contributed by atoms with Gasteiger partial charge < -0.3 is 68.3 Å². The molecule has 4 aliphatic rings. The summed E-state index contributed by atoms with van der Waals surface area (Å²) in [5.41, 5.74) is -1.49. The normalized spacial score (nSPS) is 20.9. The molecule has 4 aliphatic heterocycles. The molecule has 6 unspecified atom stereocenters. The molecule has 0 saturated carbocycles. The Balaban J connectivity index is 1.35. The Kier molecular flexibility index (Phi) is 31.2. The fraction of sp³-hybridized carbons (Fsp3) is 0.500. The molecular formula is C70H94FN13O14S. The summed E-state index contributed by atoms with van der Waals surface area (Å²) >= 11 is 5.16. The van der Waals surface area contributed by atoms with Crippen molar-refractivity contribution in [1.29, 1.82) is 0 Å². The number of hydrogen-bond acceptors (Lipinski definition) is 19. The molecular weight excluding hydrogens is 1300 g/mol. The zero-order chi connectivity index (χ0) is 71.2. The Hall–Kier alpha value is -9.16. The number of aromatic hydroxyl groups is 4. The molecule has 0 saturated heterocycles. The fourth-order valence-electron chi connectivity index (χ4n) is 12.0. The molecule has 0 aliphatic carbocycles. The highest BCUT2D eigenvalue weighted by Gasteiger charge is 2.28. The number of nitrogens with zero attached hydrogens (tertiary/aromatic N) is 4. The minimum atomic E-state index is -0.742. The molecule has 0 aromatic heterocycles. The summed E-state index contributed by atoms with van der Waals surface area (Å²) in [6.45, 7) is 2.65. The molecule has 29 heteroatoms. The maximum absolute atomic E-state index is 14.7. The maximum atomic E-state index is 14.7. The number of thiocarbonyl (C=S) groups is 1. The molecule has 4 aromatic carbocycles. The number of unbranched alkanes of at least 4 members (excludes halogenated alkanes) is 3. The van der Waals surface area contributed by atoms with Gasteiger partial charge in [0.1, 0.15) is 35.5 Å². The molecule has 4 aromatic rings. The van der Waals surface area contributed by atoms with Crippen LogP contribution in [0.4, 0.5) is 4.39 Å². The number of para-hydroxylation sites is 4. The molecule has 27 nitrogen and oxygen atoms in total. The lowest BCUT2D eigenvalue weighted by atomic mass is 10.0. The molecule has 12 bridgehead atoms. The van der Waals surface area contributed by atoms with Crippen LogP contribution >= 0.6 is 12.2 Å². The summed E-state index contributed by atoms with van der Waals surface area (Å²) in [5, 5.41) is 72.9. The van der Waals surface area contributed by atoms with E-state index in [1.807, 2.05) is 19.6 Å². The van der Waals surface area contributed by atoms with Crippen LogP contribution in [0.5, 0.6) is 23.0 Å². The molecule has 0 fully saturated rings. The number of Topliss-reactive ketones (excluding diaryl/α,β-unsaturated/α-hetero) is 1. The number of alkyl halides is 1. The van der Waals surface area contributed by atoms with Gasteiger partial charge in [-0.1, -0.05) is 56.2 Å². The minimum absolute atomic E-state index is 0.0115. The Morgan fingerprint density at radius 3 is 1.07 bits per heavy atom. The summed E-state index contributed by atoms with van der Waals surface area (Å²) in [5.74, 6) is -8.05. The van der Waals surface area contributed by atoms with E-state index in [-0.39, 0.29) is 198 Å². The second-order valence-electron chi connectivity index (χ2n) is 24.8. The number of benzene rings is 4. The number of ketones is 1. The molecule has 0 radical (unpaired) electrons. The highest BCUT2D eigenvalue weighted by Crippen LogP contribution is 2.27. The number of phenols is 4. The van der Waals surface area contributed by atoms with Crippen LogP contribution in [-0.4, -0.2) is 247 Å². The first kappa shape index (κ1) is 77.2. The molecule has 6 atom stereocenters. The molecule has 4 heterocycles. The Morgan fingerprint density at radius 1 is 0.424 bits per heavy atom. The van der Waals surface area contributed by atoms with Gasteiger partial charge in [-0.05, 0) is 93.5 Å². The third-order valence-electron chi connectivity index (χ3n) is 17.7. The van der Waals surface area contributed by atoms with Crippen LogP contribution in [0.2, 0.25) is 0 Å². The molecule has 99 heavy (non-hydrogen) atoms. The van der Waals surface area contributed by atoms with Gasteiger partial charge in [-0.3, -0.25) is 67.5 Å². The Bertz CT molecular complexity index is 3510. The number of rotatable bonds is 17. The van der Waals surface area contributed by atoms with E-state index in [4.69, 9.17) is 12.2 Å². The van der Waals surface area contributed by atoms with E-state index in [2.05, 4.69) is 47.9 Å². The lowest BCUT2D eigenvalue weighted by molar-refractivity contribution is -0.121. The third kappa shape index (κ3) is 24.1. The summed E-state index contributed by atoms with van der Waals surface area (Å²) in [4.78, 5) is 146. The van der Waals surface area contributed by atoms with Crippen LogP contribution in [0, 0.1) is 0 Å². The summed E-state index contributed by atoms with van der Waals surface area (Å²) in [6.07, 6.45) is 4.78. The Morgan fingerprint density at radius 2 is 0.737 bits per heavy atom. The van der Waals surface area contributed by atoms with E-state index in [9.17, 15) is 72.8 Å². The quantitative estimate of drug-likeness (QED) is 0.0533. The van der Waals surface area contributed by atoms with Gasteiger partial charge in [0.2, 0.25) is 5.91 Å². The van der Waals surface area contributed by atoms with Gasteiger partial charge in [0, 0.05) is 161 Å². The number of fused-ring (bicyclic) bond motifs is 16. The first-order chi connectivity index (χ1) is 47.7. The van der Waals surface area contributed by atoms with Crippen LogP contribution in [0.25, 0.3) is 0 Å².